The molecule has 0 N–H and O–H groups in total. The molecule has 0 amide bonds. The van der Waals surface area contributed by atoms with E-state index in [4.69, 9.17) is 0 Å². The molecule has 2 rings (SSSR count). The predicted octanol–water partition coefficient (Wildman–Crippen LogP) is 4.87. The Morgan fingerprint density at radius 3 is 1.89 bits per heavy atom. The third-order valence-electron chi connectivity index (χ3n) is 2.55. The molecular formula is C13H6BrF5. The van der Waals surface area contributed by atoms with Crippen molar-refractivity contribution in [3.63, 3.8) is 0 Å². The first kappa shape index (κ1) is 14.0. The van der Waals surface area contributed by atoms with Crippen molar-refractivity contribution in [3.8, 4) is 0 Å². The van der Waals surface area contributed by atoms with E-state index >= 15 is 0 Å². The quantitative estimate of drug-likeness (QED) is 0.417. The second kappa shape index (κ2) is 5.28. The molecule has 19 heavy (non-hydrogen) atoms. The highest BCUT2D eigenvalue weighted by Gasteiger charge is 2.19. The van der Waals surface area contributed by atoms with Crippen molar-refractivity contribution in [2.75, 3.05) is 0 Å². The van der Waals surface area contributed by atoms with Crippen molar-refractivity contribution in [3.05, 3.63) is 70.5 Å². The van der Waals surface area contributed by atoms with Crippen LogP contribution in [0, 0.1) is 29.1 Å². The summed E-state index contributed by atoms with van der Waals surface area (Å²) in [5.41, 5.74) is -0.0197. The van der Waals surface area contributed by atoms with Gasteiger partial charge in [0.25, 0.3) is 0 Å². The maximum Gasteiger partial charge on any atom is 0.161 e. The molecule has 0 aliphatic rings. The van der Waals surface area contributed by atoms with Crippen molar-refractivity contribution in [2.45, 2.75) is 4.83 Å². The van der Waals surface area contributed by atoms with Crippen molar-refractivity contribution < 1.29 is 22.0 Å². The molecule has 0 saturated carbocycles. The Kier molecular flexibility index (Phi) is 3.89. The molecule has 0 bridgehead atoms. The number of benzene rings is 2. The van der Waals surface area contributed by atoms with Gasteiger partial charge >= 0.3 is 0 Å². The van der Waals surface area contributed by atoms with E-state index in [9.17, 15) is 22.0 Å². The van der Waals surface area contributed by atoms with Crippen LogP contribution in [-0.4, -0.2) is 0 Å². The minimum Gasteiger partial charge on any atom is -0.207 e. The second-order valence-electron chi connectivity index (χ2n) is 3.82. The molecule has 0 saturated heterocycles. The highest BCUT2D eigenvalue weighted by atomic mass is 79.9. The van der Waals surface area contributed by atoms with Crippen molar-refractivity contribution in [1.29, 1.82) is 0 Å². The van der Waals surface area contributed by atoms with Gasteiger partial charge in [-0.1, -0.05) is 22.0 Å². The van der Waals surface area contributed by atoms with E-state index in [-0.39, 0.29) is 11.1 Å². The van der Waals surface area contributed by atoms with Gasteiger partial charge in [-0.3, -0.25) is 0 Å². The Morgan fingerprint density at radius 1 is 0.684 bits per heavy atom. The SMILES string of the molecule is Fc1ccc(C(Br)c2cc(F)c(F)cc2F)cc1F. The Bertz CT molecular complexity index is 627. The maximum atomic E-state index is 13.5. The summed E-state index contributed by atoms with van der Waals surface area (Å²) in [4.78, 5) is -0.919. The van der Waals surface area contributed by atoms with Gasteiger partial charge < -0.3 is 0 Å². The standard InChI is InChI=1S/C13H6BrF5/c14-13(6-1-2-8(15)10(17)3-6)7-4-11(18)12(19)5-9(7)16/h1-5,13H. The van der Waals surface area contributed by atoms with Crippen molar-refractivity contribution in [1.82, 2.24) is 0 Å². The van der Waals surface area contributed by atoms with E-state index in [2.05, 4.69) is 15.9 Å². The van der Waals surface area contributed by atoms with Crippen LogP contribution in [0.1, 0.15) is 16.0 Å². The van der Waals surface area contributed by atoms with E-state index in [0.29, 0.717) is 12.1 Å². The summed E-state index contributed by atoms with van der Waals surface area (Å²) in [5.74, 6) is -5.67. The first-order valence-electron chi connectivity index (χ1n) is 5.13. The highest BCUT2D eigenvalue weighted by Crippen LogP contribution is 2.33. The minimum absolute atomic E-state index is 0.184. The Labute approximate surface area is 114 Å². The molecule has 6 heteroatoms. The molecule has 0 radical (unpaired) electrons. The highest BCUT2D eigenvalue weighted by molar-refractivity contribution is 9.09. The Morgan fingerprint density at radius 2 is 1.26 bits per heavy atom. The molecule has 0 fully saturated rings. The monoisotopic (exact) mass is 336 g/mol. The molecule has 2 aromatic rings. The molecule has 0 nitrogen and oxygen atoms in total. The first-order valence-corrected chi connectivity index (χ1v) is 6.05. The number of rotatable bonds is 2. The Balaban J connectivity index is 2.46. The third kappa shape index (κ3) is 2.78. The van der Waals surface area contributed by atoms with Gasteiger partial charge in [-0.2, -0.15) is 0 Å². The van der Waals surface area contributed by atoms with Gasteiger partial charge in [0.2, 0.25) is 0 Å². The fourth-order valence-corrected chi connectivity index (χ4v) is 2.22. The first-order chi connectivity index (χ1) is 8.90. The number of halogens is 6. The predicted molar refractivity (Wildman–Crippen MR) is 63.4 cm³/mol. The fraction of sp³-hybridized carbons (Fsp3) is 0.0769. The zero-order valence-corrected chi connectivity index (χ0v) is 10.8. The lowest BCUT2D eigenvalue weighted by molar-refractivity contribution is 0.490. The van der Waals surface area contributed by atoms with E-state index in [0.717, 1.165) is 12.1 Å². The van der Waals surface area contributed by atoms with Crippen LogP contribution in [0.5, 0.6) is 0 Å². The van der Waals surface area contributed by atoms with Crippen LogP contribution in [-0.2, 0) is 0 Å². The topological polar surface area (TPSA) is 0 Å². The average molecular weight is 337 g/mol. The van der Waals surface area contributed by atoms with E-state index < -0.39 is 33.9 Å². The number of alkyl halides is 1. The fourth-order valence-electron chi connectivity index (χ4n) is 1.58. The van der Waals surface area contributed by atoms with Crippen LogP contribution >= 0.6 is 15.9 Å². The minimum atomic E-state index is -1.31. The third-order valence-corrected chi connectivity index (χ3v) is 3.57. The molecule has 100 valence electrons. The largest absolute Gasteiger partial charge is 0.207 e. The summed E-state index contributed by atoms with van der Waals surface area (Å²) < 4.78 is 65.3. The molecule has 2 aromatic carbocycles. The van der Waals surface area contributed by atoms with Gasteiger partial charge in [0.1, 0.15) is 5.82 Å². The number of hydrogen-bond donors (Lipinski definition) is 0. The van der Waals surface area contributed by atoms with Crippen LogP contribution in [0.2, 0.25) is 0 Å². The zero-order valence-electron chi connectivity index (χ0n) is 9.23. The molecule has 0 aliphatic carbocycles. The van der Waals surface area contributed by atoms with Crippen LogP contribution in [0.4, 0.5) is 22.0 Å². The lowest BCUT2D eigenvalue weighted by atomic mass is 10.0. The van der Waals surface area contributed by atoms with Crippen molar-refractivity contribution in [2.24, 2.45) is 0 Å². The molecule has 0 aliphatic heterocycles. The van der Waals surface area contributed by atoms with E-state index in [1.807, 2.05) is 0 Å². The number of hydrogen-bond acceptors (Lipinski definition) is 0. The molecular weight excluding hydrogens is 331 g/mol. The van der Waals surface area contributed by atoms with Gasteiger partial charge in [-0.05, 0) is 23.8 Å². The van der Waals surface area contributed by atoms with Crippen LogP contribution in [0.25, 0.3) is 0 Å². The van der Waals surface area contributed by atoms with E-state index in [1.54, 1.807) is 0 Å². The summed E-state index contributed by atoms with van der Waals surface area (Å²) in [5, 5.41) is 0. The van der Waals surface area contributed by atoms with Gasteiger partial charge in [0, 0.05) is 11.6 Å². The molecule has 0 spiro atoms. The Hall–Kier alpha value is -1.43. The molecule has 0 aromatic heterocycles. The van der Waals surface area contributed by atoms with Crippen LogP contribution in [0.3, 0.4) is 0 Å². The van der Waals surface area contributed by atoms with Crippen molar-refractivity contribution >= 4 is 15.9 Å². The van der Waals surface area contributed by atoms with Crippen LogP contribution < -0.4 is 0 Å². The average Bonchev–Trinajstić information content (AvgIpc) is 2.36. The summed E-state index contributed by atoms with van der Waals surface area (Å²) in [6.07, 6.45) is 0. The maximum absolute atomic E-state index is 13.5. The lowest BCUT2D eigenvalue weighted by Gasteiger charge is -2.12. The van der Waals surface area contributed by atoms with Crippen LogP contribution in [0.15, 0.2) is 30.3 Å². The summed E-state index contributed by atoms with van der Waals surface area (Å²) in [6.45, 7) is 0. The molecule has 1 unspecified atom stereocenters. The van der Waals surface area contributed by atoms with Gasteiger partial charge in [0.15, 0.2) is 23.3 Å². The molecule has 0 heterocycles. The second-order valence-corrected chi connectivity index (χ2v) is 4.74. The summed E-state index contributed by atoms with van der Waals surface area (Å²) in [7, 11) is 0. The van der Waals surface area contributed by atoms with Gasteiger partial charge in [0.05, 0.1) is 4.83 Å². The normalized spacial score (nSPS) is 12.5. The molecule has 1 atom stereocenters. The van der Waals surface area contributed by atoms with Gasteiger partial charge in [-0.25, -0.2) is 22.0 Å². The smallest absolute Gasteiger partial charge is 0.161 e. The van der Waals surface area contributed by atoms with Gasteiger partial charge in [-0.15, -0.1) is 0 Å². The zero-order chi connectivity index (χ0) is 14.2. The van der Waals surface area contributed by atoms with E-state index in [1.165, 1.54) is 6.07 Å². The lowest BCUT2D eigenvalue weighted by Crippen LogP contribution is -2.01. The summed E-state index contributed by atoms with van der Waals surface area (Å²) in [6, 6.07) is 4.02. The summed E-state index contributed by atoms with van der Waals surface area (Å²) >= 11 is 3.04.